The first-order valence-electron chi connectivity index (χ1n) is 8.78. The Morgan fingerprint density at radius 2 is 1.76 bits per heavy atom. The van der Waals surface area contributed by atoms with E-state index in [1.54, 1.807) is 12.1 Å². The van der Waals surface area contributed by atoms with Crippen molar-refractivity contribution in [2.24, 2.45) is 0 Å². The van der Waals surface area contributed by atoms with Crippen LogP contribution in [0.2, 0.25) is 0 Å². The fourth-order valence-electron chi connectivity index (χ4n) is 2.28. The standard InChI is InChI=1S/C20H21IN2O5S/c21-15-8-4-5-9-16(15)22-18(24)13-29-11-10-17(19(25)26)23-20(27)28-12-14-6-2-1-3-7-14/h1-9,17H,10-13H2,(H,22,24)(H,23,27)(H,25,26). The highest BCUT2D eigenvalue weighted by Crippen LogP contribution is 2.17. The molecule has 0 heterocycles. The van der Waals surface area contributed by atoms with Crippen molar-refractivity contribution in [2.45, 2.75) is 19.1 Å². The number of amides is 2. The van der Waals surface area contributed by atoms with Crippen LogP contribution in [0.25, 0.3) is 0 Å². The monoisotopic (exact) mass is 528 g/mol. The zero-order valence-electron chi connectivity index (χ0n) is 15.5. The molecule has 0 aliphatic heterocycles. The van der Waals surface area contributed by atoms with Gasteiger partial charge in [-0.15, -0.1) is 0 Å². The number of benzene rings is 2. The zero-order valence-corrected chi connectivity index (χ0v) is 18.4. The van der Waals surface area contributed by atoms with Gasteiger partial charge in [0.1, 0.15) is 12.6 Å². The van der Waals surface area contributed by atoms with Crippen LogP contribution in [-0.2, 0) is 20.9 Å². The summed E-state index contributed by atoms with van der Waals surface area (Å²) in [6.45, 7) is 0.0617. The summed E-state index contributed by atoms with van der Waals surface area (Å²) in [5, 5.41) is 14.4. The molecule has 154 valence electrons. The van der Waals surface area contributed by atoms with Crippen molar-refractivity contribution in [3.8, 4) is 0 Å². The van der Waals surface area contributed by atoms with Gasteiger partial charge in [0.2, 0.25) is 5.91 Å². The van der Waals surface area contributed by atoms with Gasteiger partial charge in [-0.25, -0.2) is 9.59 Å². The number of aliphatic carboxylic acids is 1. The first-order valence-corrected chi connectivity index (χ1v) is 11.0. The first kappa shape index (κ1) is 23.0. The highest BCUT2D eigenvalue weighted by atomic mass is 127. The molecule has 0 fully saturated rings. The predicted octanol–water partition coefficient (Wildman–Crippen LogP) is 3.73. The topological polar surface area (TPSA) is 105 Å². The molecule has 3 N–H and O–H groups in total. The lowest BCUT2D eigenvalue weighted by atomic mass is 10.2. The van der Waals surface area contributed by atoms with E-state index in [4.69, 9.17) is 4.74 Å². The Labute approximate surface area is 186 Å². The maximum absolute atomic E-state index is 12.0. The number of carboxylic acids is 1. The van der Waals surface area contributed by atoms with Crippen molar-refractivity contribution in [1.82, 2.24) is 5.32 Å². The van der Waals surface area contributed by atoms with Gasteiger partial charge in [0, 0.05) is 3.57 Å². The SMILES string of the molecule is O=C(CSCCC(NC(=O)OCc1ccccc1)C(=O)O)Nc1ccccc1I. The van der Waals surface area contributed by atoms with Gasteiger partial charge in [-0.1, -0.05) is 42.5 Å². The number of carboxylic acid groups (broad SMARTS) is 1. The summed E-state index contributed by atoms with van der Waals surface area (Å²) < 4.78 is 5.98. The van der Waals surface area contributed by atoms with Crippen LogP contribution in [0.1, 0.15) is 12.0 Å². The Kier molecular flexibility index (Phi) is 9.78. The number of carbonyl (C=O) groups excluding carboxylic acids is 2. The van der Waals surface area contributed by atoms with Gasteiger partial charge in [-0.2, -0.15) is 11.8 Å². The van der Waals surface area contributed by atoms with E-state index in [0.29, 0.717) is 5.75 Å². The number of hydrogen-bond acceptors (Lipinski definition) is 5. The molecule has 0 saturated heterocycles. The average molecular weight is 528 g/mol. The number of rotatable bonds is 10. The van der Waals surface area contributed by atoms with Gasteiger partial charge in [-0.05, 0) is 52.5 Å². The average Bonchev–Trinajstić information content (AvgIpc) is 2.71. The van der Waals surface area contributed by atoms with E-state index in [-0.39, 0.29) is 24.7 Å². The number of thioether (sulfide) groups is 1. The number of carbonyl (C=O) groups is 3. The molecule has 9 heteroatoms. The number of ether oxygens (including phenoxy) is 1. The van der Waals surface area contributed by atoms with Crippen LogP contribution in [0.15, 0.2) is 54.6 Å². The van der Waals surface area contributed by atoms with Gasteiger partial charge in [-0.3, -0.25) is 4.79 Å². The number of halogens is 1. The summed E-state index contributed by atoms with van der Waals surface area (Å²) in [5.41, 5.74) is 1.55. The van der Waals surface area contributed by atoms with Crippen LogP contribution in [-0.4, -0.2) is 40.6 Å². The van der Waals surface area contributed by atoms with Gasteiger partial charge >= 0.3 is 12.1 Å². The van der Waals surface area contributed by atoms with Gasteiger partial charge in [0.15, 0.2) is 0 Å². The second-order valence-corrected chi connectivity index (χ2v) is 8.23. The van der Waals surface area contributed by atoms with Gasteiger partial charge < -0.3 is 20.5 Å². The fourth-order valence-corrected chi connectivity index (χ4v) is 3.61. The second-order valence-electron chi connectivity index (χ2n) is 5.97. The lowest BCUT2D eigenvalue weighted by Crippen LogP contribution is -2.41. The molecule has 0 aliphatic carbocycles. The highest BCUT2D eigenvalue weighted by Gasteiger charge is 2.20. The maximum Gasteiger partial charge on any atom is 0.408 e. The lowest BCUT2D eigenvalue weighted by molar-refractivity contribution is -0.139. The molecule has 0 aromatic heterocycles. The van der Waals surface area contributed by atoms with E-state index in [9.17, 15) is 19.5 Å². The van der Waals surface area contributed by atoms with Crippen molar-refractivity contribution in [2.75, 3.05) is 16.8 Å². The fraction of sp³-hybridized carbons (Fsp3) is 0.250. The Balaban J connectivity index is 1.69. The van der Waals surface area contributed by atoms with Crippen LogP contribution < -0.4 is 10.6 Å². The van der Waals surface area contributed by atoms with Crippen molar-refractivity contribution < 1.29 is 24.2 Å². The molecule has 2 aromatic carbocycles. The van der Waals surface area contributed by atoms with Crippen molar-refractivity contribution >= 4 is 58.0 Å². The molecule has 2 aromatic rings. The predicted molar refractivity (Wildman–Crippen MR) is 121 cm³/mol. The van der Waals surface area contributed by atoms with E-state index < -0.39 is 18.1 Å². The molecule has 7 nitrogen and oxygen atoms in total. The molecule has 0 radical (unpaired) electrons. The summed E-state index contributed by atoms with van der Waals surface area (Å²) in [6, 6.07) is 15.5. The van der Waals surface area contributed by atoms with E-state index >= 15 is 0 Å². The number of nitrogens with one attached hydrogen (secondary N) is 2. The lowest BCUT2D eigenvalue weighted by Gasteiger charge is -2.14. The quantitative estimate of drug-likeness (QED) is 0.321. The van der Waals surface area contributed by atoms with Crippen LogP contribution in [0, 0.1) is 3.57 Å². The highest BCUT2D eigenvalue weighted by molar-refractivity contribution is 14.1. The largest absolute Gasteiger partial charge is 0.480 e. The molecule has 0 spiro atoms. The molecule has 1 unspecified atom stereocenters. The summed E-state index contributed by atoms with van der Waals surface area (Å²) in [6.07, 6.45) is -0.612. The third kappa shape index (κ3) is 8.73. The third-order valence-corrected chi connectivity index (χ3v) is 5.67. The minimum absolute atomic E-state index is 0.0617. The van der Waals surface area contributed by atoms with Gasteiger partial charge in [0.05, 0.1) is 11.4 Å². The summed E-state index contributed by atoms with van der Waals surface area (Å²) in [7, 11) is 0. The number of para-hydroxylation sites is 1. The molecular formula is C20H21IN2O5S. The van der Waals surface area contributed by atoms with Crippen molar-refractivity contribution in [3.05, 3.63) is 63.7 Å². The molecular weight excluding hydrogens is 507 g/mol. The van der Waals surface area contributed by atoms with E-state index in [0.717, 1.165) is 14.8 Å². The third-order valence-electron chi connectivity index (χ3n) is 3.73. The van der Waals surface area contributed by atoms with Crippen LogP contribution in [0.5, 0.6) is 0 Å². The smallest absolute Gasteiger partial charge is 0.408 e. The molecule has 0 bridgehead atoms. The molecule has 1 atom stereocenters. The number of alkyl carbamates (subject to hydrolysis) is 1. The first-order chi connectivity index (χ1) is 14.0. The normalized spacial score (nSPS) is 11.3. The summed E-state index contributed by atoms with van der Waals surface area (Å²) >= 11 is 3.44. The maximum atomic E-state index is 12.0. The summed E-state index contributed by atoms with van der Waals surface area (Å²) in [5.74, 6) is -0.725. The minimum Gasteiger partial charge on any atom is -0.480 e. The molecule has 2 rings (SSSR count). The van der Waals surface area contributed by atoms with E-state index in [2.05, 4.69) is 33.2 Å². The van der Waals surface area contributed by atoms with Crippen molar-refractivity contribution in [3.63, 3.8) is 0 Å². The Morgan fingerprint density at radius 1 is 1.07 bits per heavy atom. The summed E-state index contributed by atoms with van der Waals surface area (Å²) in [4.78, 5) is 35.2. The number of hydrogen-bond donors (Lipinski definition) is 3. The van der Waals surface area contributed by atoms with E-state index in [1.807, 2.05) is 42.5 Å². The Bertz CT molecular complexity index is 835. The Morgan fingerprint density at radius 3 is 2.45 bits per heavy atom. The molecule has 0 saturated carbocycles. The molecule has 29 heavy (non-hydrogen) atoms. The molecule has 2 amide bonds. The van der Waals surface area contributed by atoms with E-state index in [1.165, 1.54) is 11.8 Å². The van der Waals surface area contributed by atoms with Gasteiger partial charge in [0.25, 0.3) is 0 Å². The number of anilines is 1. The van der Waals surface area contributed by atoms with Crippen molar-refractivity contribution in [1.29, 1.82) is 0 Å². The molecule has 0 aliphatic rings. The minimum atomic E-state index is -1.15. The Hall–Kier alpha value is -2.27. The van der Waals surface area contributed by atoms with Crippen LogP contribution in [0.4, 0.5) is 10.5 Å². The van der Waals surface area contributed by atoms with Crippen LogP contribution in [0.3, 0.4) is 0 Å². The second kappa shape index (κ2) is 12.3. The van der Waals surface area contributed by atoms with Crippen LogP contribution >= 0.6 is 34.4 Å². The zero-order chi connectivity index (χ0) is 21.1.